The number of pyridine rings is 1. The smallest absolute Gasteiger partial charge is 0.146 e. The number of rotatable bonds is 7. The van der Waals surface area contributed by atoms with E-state index in [1.807, 2.05) is 6.20 Å². The van der Waals surface area contributed by atoms with Gasteiger partial charge in [-0.25, -0.2) is 4.98 Å². The number of fused-ring (bicyclic) bond motifs is 1. The molecular formula is C24H28N4. The van der Waals surface area contributed by atoms with E-state index in [2.05, 4.69) is 67.1 Å². The molecule has 4 nitrogen and oxygen atoms in total. The zero-order valence-corrected chi connectivity index (χ0v) is 17.0. The molecule has 1 fully saturated rings. The topological polar surface area (TPSA) is 55.7 Å². The molecule has 0 bridgehead atoms. The first kappa shape index (κ1) is 18.6. The van der Waals surface area contributed by atoms with E-state index in [1.165, 1.54) is 18.2 Å². The van der Waals surface area contributed by atoms with E-state index >= 15 is 0 Å². The fourth-order valence-corrected chi connectivity index (χ4v) is 3.96. The second kappa shape index (κ2) is 7.67. The number of aromatic nitrogens is 2. The summed E-state index contributed by atoms with van der Waals surface area (Å²) in [7, 11) is 0. The van der Waals surface area contributed by atoms with Gasteiger partial charge in [-0.2, -0.15) is 5.26 Å². The first-order valence-electron chi connectivity index (χ1n) is 10.4. The van der Waals surface area contributed by atoms with Crippen molar-refractivity contribution in [2.75, 3.05) is 18.0 Å². The molecule has 4 heteroatoms. The molecule has 2 heterocycles. The van der Waals surface area contributed by atoms with E-state index in [4.69, 9.17) is 4.98 Å². The van der Waals surface area contributed by atoms with Gasteiger partial charge in [0.25, 0.3) is 0 Å². The van der Waals surface area contributed by atoms with E-state index in [0.717, 1.165) is 47.7 Å². The number of hydrogen-bond donors (Lipinski definition) is 1. The Hall–Kier alpha value is -2.80. The lowest BCUT2D eigenvalue weighted by molar-refractivity contribution is 0.600. The van der Waals surface area contributed by atoms with Crippen molar-refractivity contribution in [2.45, 2.75) is 46.0 Å². The molecular weight excluding hydrogens is 344 g/mol. The van der Waals surface area contributed by atoms with Crippen LogP contribution in [0.5, 0.6) is 0 Å². The third-order valence-electron chi connectivity index (χ3n) is 5.36. The third kappa shape index (κ3) is 3.62. The molecule has 0 spiro atoms. The van der Waals surface area contributed by atoms with Gasteiger partial charge < -0.3 is 9.88 Å². The number of benzene rings is 1. The van der Waals surface area contributed by atoms with Crippen LogP contribution in [-0.2, 0) is 0 Å². The monoisotopic (exact) mass is 372 g/mol. The van der Waals surface area contributed by atoms with Gasteiger partial charge in [-0.1, -0.05) is 26.8 Å². The summed E-state index contributed by atoms with van der Waals surface area (Å²) in [4.78, 5) is 10.7. The number of anilines is 1. The summed E-state index contributed by atoms with van der Waals surface area (Å²) in [6.07, 6.45) is 5.39. The van der Waals surface area contributed by atoms with E-state index in [0.29, 0.717) is 17.4 Å². The highest BCUT2D eigenvalue weighted by molar-refractivity contribution is 5.86. The fourth-order valence-electron chi connectivity index (χ4n) is 3.96. The number of nitriles is 1. The maximum atomic E-state index is 9.90. The lowest BCUT2D eigenvalue weighted by Crippen LogP contribution is -2.30. The Bertz CT molecular complexity index is 1020. The first-order chi connectivity index (χ1) is 13.6. The van der Waals surface area contributed by atoms with Crippen molar-refractivity contribution in [3.05, 3.63) is 47.8 Å². The van der Waals surface area contributed by atoms with Crippen LogP contribution in [0.4, 0.5) is 5.82 Å². The number of nitrogens with zero attached hydrogens (tertiary/aromatic N) is 3. The predicted molar refractivity (Wildman–Crippen MR) is 116 cm³/mol. The molecule has 2 aromatic heterocycles. The molecule has 0 amide bonds. The molecule has 1 aromatic carbocycles. The van der Waals surface area contributed by atoms with Crippen LogP contribution in [0.1, 0.15) is 57.2 Å². The van der Waals surface area contributed by atoms with Crippen molar-refractivity contribution in [1.82, 2.24) is 9.97 Å². The molecule has 0 atom stereocenters. The number of H-pyrrole nitrogens is 1. The Morgan fingerprint density at radius 1 is 1.25 bits per heavy atom. The van der Waals surface area contributed by atoms with Gasteiger partial charge >= 0.3 is 0 Å². The Morgan fingerprint density at radius 3 is 2.75 bits per heavy atom. The number of nitrogens with one attached hydrogen (secondary N) is 1. The largest absolute Gasteiger partial charge is 0.361 e. The number of hydrogen-bond acceptors (Lipinski definition) is 3. The van der Waals surface area contributed by atoms with Gasteiger partial charge in [0, 0.05) is 36.3 Å². The average Bonchev–Trinajstić information content (AvgIpc) is 3.43. The van der Waals surface area contributed by atoms with E-state index in [1.54, 1.807) is 0 Å². The molecule has 0 saturated heterocycles. The third-order valence-corrected chi connectivity index (χ3v) is 5.36. The first-order valence-corrected chi connectivity index (χ1v) is 10.4. The maximum Gasteiger partial charge on any atom is 0.146 e. The van der Waals surface area contributed by atoms with Crippen LogP contribution in [0, 0.1) is 17.2 Å². The van der Waals surface area contributed by atoms with Crippen molar-refractivity contribution in [3.63, 3.8) is 0 Å². The molecule has 1 aliphatic rings. The highest BCUT2D eigenvalue weighted by Gasteiger charge is 2.30. The van der Waals surface area contributed by atoms with Crippen molar-refractivity contribution in [3.8, 4) is 17.2 Å². The van der Waals surface area contributed by atoms with Crippen LogP contribution in [-0.4, -0.2) is 23.1 Å². The highest BCUT2D eigenvalue weighted by Crippen LogP contribution is 2.45. The van der Waals surface area contributed by atoms with Gasteiger partial charge in [0.1, 0.15) is 11.9 Å². The molecule has 0 aliphatic heterocycles. The SMILES string of the molecule is CCCN(CC(C)C)c1nc(C2CC2)c(-c2ccc3[nH]ccc3c2)cc1C#N. The summed E-state index contributed by atoms with van der Waals surface area (Å²) in [5, 5.41) is 11.1. The van der Waals surface area contributed by atoms with Crippen LogP contribution in [0.25, 0.3) is 22.0 Å². The molecule has 144 valence electrons. The van der Waals surface area contributed by atoms with Gasteiger partial charge in [-0.15, -0.1) is 0 Å². The zero-order chi connectivity index (χ0) is 19.7. The van der Waals surface area contributed by atoms with E-state index < -0.39 is 0 Å². The Kier molecular flexibility index (Phi) is 5.09. The van der Waals surface area contributed by atoms with Crippen molar-refractivity contribution >= 4 is 16.7 Å². The lowest BCUT2D eigenvalue weighted by Gasteiger charge is -2.27. The predicted octanol–water partition coefficient (Wildman–Crippen LogP) is 5.85. The lowest BCUT2D eigenvalue weighted by atomic mass is 9.98. The standard InChI is InChI=1S/C24H28N4/c1-4-11-28(15-16(2)3)24-20(14-25)13-21(23(27-24)17-5-6-17)18-7-8-22-19(12-18)9-10-26-22/h7-10,12-13,16-17,26H,4-6,11,15H2,1-3H3. The van der Waals surface area contributed by atoms with Crippen LogP contribution in [0.2, 0.25) is 0 Å². The van der Waals surface area contributed by atoms with Gasteiger partial charge in [-0.3, -0.25) is 0 Å². The highest BCUT2D eigenvalue weighted by atomic mass is 15.2. The molecule has 28 heavy (non-hydrogen) atoms. The molecule has 4 rings (SSSR count). The van der Waals surface area contributed by atoms with E-state index in [-0.39, 0.29) is 0 Å². The Balaban J connectivity index is 1.84. The maximum absolute atomic E-state index is 9.90. The normalized spacial score (nSPS) is 13.8. The second-order valence-corrected chi connectivity index (χ2v) is 8.30. The Labute approximate surface area is 167 Å². The molecule has 0 unspecified atom stereocenters. The quantitative estimate of drug-likeness (QED) is 0.566. The zero-order valence-electron chi connectivity index (χ0n) is 17.0. The minimum absolute atomic E-state index is 0.519. The molecule has 0 radical (unpaired) electrons. The minimum Gasteiger partial charge on any atom is -0.361 e. The van der Waals surface area contributed by atoms with Crippen molar-refractivity contribution in [2.24, 2.45) is 5.92 Å². The molecule has 1 N–H and O–H groups in total. The summed E-state index contributed by atoms with van der Waals surface area (Å²) >= 11 is 0. The molecule has 3 aromatic rings. The van der Waals surface area contributed by atoms with Gasteiger partial charge in [0.2, 0.25) is 0 Å². The van der Waals surface area contributed by atoms with E-state index in [9.17, 15) is 5.26 Å². The van der Waals surface area contributed by atoms with Gasteiger partial charge in [0.15, 0.2) is 0 Å². The fraction of sp³-hybridized carbons (Fsp3) is 0.417. The summed E-state index contributed by atoms with van der Waals surface area (Å²) in [5.74, 6) is 1.91. The summed E-state index contributed by atoms with van der Waals surface area (Å²) in [6, 6.07) is 13.0. The van der Waals surface area contributed by atoms with Gasteiger partial charge in [-0.05, 0) is 60.4 Å². The summed E-state index contributed by atoms with van der Waals surface area (Å²) in [6.45, 7) is 8.47. The van der Waals surface area contributed by atoms with Crippen molar-refractivity contribution < 1.29 is 0 Å². The van der Waals surface area contributed by atoms with Gasteiger partial charge in [0.05, 0.1) is 11.3 Å². The summed E-state index contributed by atoms with van der Waals surface area (Å²) in [5.41, 5.74) is 5.24. The molecule has 1 aliphatic carbocycles. The Morgan fingerprint density at radius 2 is 2.07 bits per heavy atom. The van der Waals surface area contributed by atoms with Crippen LogP contribution in [0.15, 0.2) is 36.5 Å². The minimum atomic E-state index is 0.519. The number of aromatic amines is 1. The van der Waals surface area contributed by atoms with Crippen LogP contribution in [0.3, 0.4) is 0 Å². The van der Waals surface area contributed by atoms with Crippen LogP contribution < -0.4 is 4.90 Å². The van der Waals surface area contributed by atoms with Crippen molar-refractivity contribution in [1.29, 1.82) is 5.26 Å². The second-order valence-electron chi connectivity index (χ2n) is 8.30. The average molecular weight is 373 g/mol. The molecule has 1 saturated carbocycles. The summed E-state index contributed by atoms with van der Waals surface area (Å²) < 4.78 is 0. The van der Waals surface area contributed by atoms with Crippen LogP contribution >= 0.6 is 0 Å².